The van der Waals surface area contributed by atoms with Crippen molar-refractivity contribution in [2.75, 3.05) is 12.3 Å². The van der Waals surface area contributed by atoms with Crippen molar-refractivity contribution in [1.82, 2.24) is 10.3 Å². The molecule has 1 aromatic rings. The Kier molecular flexibility index (Phi) is 4.59. The molecule has 3 N–H and O–H groups in total. The van der Waals surface area contributed by atoms with Crippen LogP contribution in [0.5, 0.6) is 0 Å². The third-order valence-electron chi connectivity index (χ3n) is 2.65. The van der Waals surface area contributed by atoms with Crippen LogP contribution in [0.2, 0.25) is 0 Å². The lowest BCUT2D eigenvalue weighted by molar-refractivity contribution is -0.385. The minimum Gasteiger partial charge on any atom is -0.384 e. The number of aromatic nitrogens is 1. The molecule has 0 aromatic carbocycles. The molecule has 0 aliphatic heterocycles. The second-order valence-corrected chi connectivity index (χ2v) is 4.11. The first kappa shape index (κ1) is 13.9. The van der Waals surface area contributed by atoms with E-state index in [2.05, 4.69) is 10.3 Å². The zero-order valence-electron chi connectivity index (χ0n) is 10.3. The predicted molar refractivity (Wildman–Crippen MR) is 67.1 cm³/mol. The van der Waals surface area contributed by atoms with Gasteiger partial charge in [0.2, 0.25) is 0 Å². The molecule has 7 heteroatoms. The molecule has 1 rings (SSSR count). The first-order chi connectivity index (χ1) is 8.45. The van der Waals surface area contributed by atoms with Crippen LogP contribution in [0, 0.1) is 16.0 Å². The minimum absolute atomic E-state index is 0.0594. The number of carbonyl (C=O) groups excluding carboxylic acids is 1. The summed E-state index contributed by atoms with van der Waals surface area (Å²) < 4.78 is 0. The van der Waals surface area contributed by atoms with E-state index >= 15 is 0 Å². The number of nitrogens with zero attached hydrogens (tertiary/aromatic N) is 2. The SMILES string of the molecule is CCC(C)CNC(=O)c1cc(N)ncc1[N+](=O)[O-]. The summed E-state index contributed by atoms with van der Waals surface area (Å²) >= 11 is 0. The Balaban J connectivity index is 2.90. The molecule has 98 valence electrons. The van der Waals surface area contributed by atoms with Crippen molar-refractivity contribution < 1.29 is 9.72 Å². The van der Waals surface area contributed by atoms with Crippen LogP contribution < -0.4 is 11.1 Å². The second-order valence-electron chi connectivity index (χ2n) is 4.11. The number of anilines is 1. The van der Waals surface area contributed by atoms with E-state index in [0.717, 1.165) is 12.6 Å². The van der Waals surface area contributed by atoms with Crippen LogP contribution in [-0.2, 0) is 0 Å². The third kappa shape index (κ3) is 3.41. The number of amides is 1. The molecule has 1 aromatic heterocycles. The lowest BCUT2D eigenvalue weighted by Gasteiger charge is -2.10. The van der Waals surface area contributed by atoms with Crippen LogP contribution in [0.25, 0.3) is 0 Å². The Morgan fingerprint density at radius 3 is 2.89 bits per heavy atom. The molecule has 0 fully saturated rings. The maximum Gasteiger partial charge on any atom is 0.300 e. The fourth-order valence-electron chi connectivity index (χ4n) is 1.30. The number of hydrogen-bond donors (Lipinski definition) is 2. The molecule has 0 spiro atoms. The van der Waals surface area contributed by atoms with Crippen molar-refractivity contribution in [2.45, 2.75) is 20.3 Å². The van der Waals surface area contributed by atoms with Crippen molar-refractivity contribution in [3.8, 4) is 0 Å². The highest BCUT2D eigenvalue weighted by molar-refractivity contribution is 5.98. The van der Waals surface area contributed by atoms with Gasteiger partial charge in [0.25, 0.3) is 11.6 Å². The van der Waals surface area contributed by atoms with Crippen LogP contribution >= 0.6 is 0 Å². The number of rotatable bonds is 5. The predicted octanol–water partition coefficient (Wildman–Crippen LogP) is 1.35. The monoisotopic (exact) mass is 252 g/mol. The summed E-state index contributed by atoms with van der Waals surface area (Å²) in [6.45, 7) is 4.45. The van der Waals surface area contributed by atoms with Gasteiger partial charge in [0.15, 0.2) is 0 Å². The van der Waals surface area contributed by atoms with Gasteiger partial charge in [0.1, 0.15) is 17.6 Å². The van der Waals surface area contributed by atoms with Gasteiger partial charge in [-0.3, -0.25) is 14.9 Å². The van der Waals surface area contributed by atoms with E-state index in [1.807, 2.05) is 13.8 Å². The summed E-state index contributed by atoms with van der Waals surface area (Å²) in [5.41, 5.74) is 5.03. The molecule has 18 heavy (non-hydrogen) atoms. The lowest BCUT2D eigenvalue weighted by atomic mass is 10.1. The van der Waals surface area contributed by atoms with Crippen molar-refractivity contribution >= 4 is 17.4 Å². The van der Waals surface area contributed by atoms with Gasteiger partial charge in [-0.05, 0) is 12.0 Å². The zero-order valence-corrected chi connectivity index (χ0v) is 10.3. The van der Waals surface area contributed by atoms with E-state index in [4.69, 9.17) is 5.73 Å². The van der Waals surface area contributed by atoms with E-state index in [0.29, 0.717) is 12.5 Å². The number of nitrogens with two attached hydrogens (primary N) is 1. The van der Waals surface area contributed by atoms with E-state index in [1.165, 1.54) is 6.07 Å². The molecule has 0 saturated heterocycles. The molecular weight excluding hydrogens is 236 g/mol. The molecule has 1 atom stereocenters. The Hall–Kier alpha value is -2.18. The number of carbonyl (C=O) groups is 1. The number of nitro groups is 1. The van der Waals surface area contributed by atoms with Crippen molar-refractivity contribution in [3.05, 3.63) is 27.9 Å². The van der Waals surface area contributed by atoms with Gasteiger partial charge in [0.05, 0.1) is 4.92 Å². The van der Waals surface area contributed by atoms with Gasteiger partial charge >= 0.3 is 0 Å². The van der Waals surface area contributed by atoms with Gasteiger partial charge in [-0.1, -0.05) is 20.3 Å². The average Bonchev–Trinajstić information content (AvgIpc) is 2.34. The Morgan fingerprint density at radius 1 is 1.67 bits per heavy atom. The van der Waals surface area contributed by atoms with Crippen LogP contribution in [0.3, 0.4) is 0 Å². The van der Waals surface area contributed by atoms with E-state index in [9.17, 15) is 14.9 Å². The minimum atomic E-state index is -0.648. The van der Waals surface area contributed by atoms with Crippen LogP contribution in [-0.4, -0.2) is 22.4 Å². The number of nitrogen functional groups attached to an aromatic ring is 1. The zero-order chi connectivity index (χ0) is 13.7. The molecule has 1 unspecified atom stereocenters. The summed E-state index contributed by atoms with van der Waals surface area (Å²) in [6.07, 6.45) is 1.91. The molecular formula is C11H16N4O3. The summed E-state index contributed by atoms with van der Waals surface area (Å²) in [7, 11) is 0. The van der Waals surface area contributed by atoms with Gasteiger partial charge in [-0.25, -0.2) is 4.98 Å². The Labute approximate surface area is 105 Å². The van der Waals surface area contributed by atoms with Crippen molar-refractivity contribution in [1.29, 1.82) is 0 Å². The summed E-state index contributed by atoms with van der Waals surface area (Å²) in [5, 5.41) is 13.4. The maximum absolute atomic E-state index is 11.8. The van der Waals surface area contributed by atoms with Crippen molar-refractivity contribution in [2.24, 2.45) is 5.92 Å². The Bertz CT molecular complexity index is 462. The first-order valence-corrected chi connectivity index (χ1v) is 5.63. The van der Waals surface area contributed by atoms with Crippen LogP contribution in [0.1, 0.15) is 30.6 Å². The average molecular weight is 252 g/mol. The molecule has 0 bridgehead atoms. The molecule has 7 nitrogen and oxygen atoms in total. The topological polar surface area (TPSA) is 111 Å². The highest BCUT2D eigenvalue weighted by Gasteiger charge is 2.21. The second kappa shape index (κ2) is 5.95. The number of nitrogens with one attached hydrogen (secondary N) is 1. The molecule has 0 saturated carbocycles. The highest BCUT2D eigenvalue weighted by Crippen LogP contribution is 2.18. The number of hydrogen-bond acceptors (Lipinski definition) is 5. The molecule has 0 aliphatic rings. The standard InChI is InChI=1S/C11H16N4O3/c1-3-7(2)5-14-11(16)8-4-10(12)13-6-9(8)15(17)18/h4,6-7H,3,5H2,1-2H3,(H2,12,13)(H,14,16). The summed E-state index contributed by atoms with van der Waals surface area (Å²) in [4.78, 5) is 25.6. The van der Waals surface area contributed by atoms with Crippen LogP contribution in [0.15, 0.2) is 12.3 Å². The molecule has 1 amide bonds. The summed E-state index contributed by atoms with van der Waals surface area (Å²) in [5.74, 6) is -0.113. The third-order valence-corrected chi connectivity index (χ3v) is 2.65. The van der Waals surface area contributed by atoms with E-state index in [1.54, 1.807) is 0 Å². The molecule has 0 radical (unpaired) electrons. The molecule has 1 heterocycles. The van der Waals surface area contributed by atoms with Crippen molar-refractivity contribution in [3.63, 3.8) is 0 Å². The normalized spacial score (nSPS) is 11.9. The van der Waals surface area contributed by atoms with Crippen LogP contribution in [0.4, 0.5) is 11.5 Å². The number of pyridine rings is 1. The maximum atomic E-state index is 11.8. The fraction of sp³-hybridized carbons (Fsp3) is 0.455. The Morgan fingerprint density at radius 2 is 2.33 bits per heavy atom. The first-order valence-electron chi connectivity index (χ1n) is 5.63. The largest absolute Gasteiger partial charge is 0.384 e. The molecule has 0 aliphatic carbocycles. The van der Waals surface area contributed by atoms with Gasteiger partial charge in [-0.2, -0.15) is 0 Å². The van der Waals surface area contributed by atoms with Gasteiger partial charge in [0, 0.05) is 6.54 Å². The van der Waals surface area contributed by atoms with Gasteiger partial charge in [-0.15, -0.1) is 0 Å². The van der Waals surface area contributed by atoms with E-state index in [-0.39, 0.29) is 17.1 Å². The quantitative estimate of drug-likeness (QED) is 0.606. The van der Waals surface area contributed by atoms with Gasteiger partial charge < -0.3 is 11.1 Å². The lowest BCUT2D eigenvalue weighted by Crippen LogP contribution is -2.28. The fourth-order valence-corrected chi connectivity index (χ4v) is 1.30. The smallest absolute Gasteiger partial charge is 0.300 e. The highest BCUT2D eigenvalue weighted by atomic mass is 16.6. The van der Waals surface area contributed by atoms with E-state index < -0.39 is 10.8 Å². The summed E-state index contributed by atoms with van der Waals surface area (Å²) in [6, 6.07) is 1.21.